The number of nitrogens with two attached hydrogens (primary N) is 1. The Hall–Kier alpha value is -2.09. The third kappa shape index (κ3) is 10.9. The summed E-state index contributed by atoms with van der Waals surface area (Å²) in [5.74, 6) is 0.478. The number of nitrogen functional groups attached to an aromatic ring is 1. The van der Waals surface area contributed by atoms with Crippen LogP contribution in [0.25, 0.3) is 0 Å². The molecule has 4 N–H and O–H groups in total. The van der Waals surface area contributed by atoms with E-state index < -0.39 is 0 Å². The molecule has 1 amide bonds. The van der Waals surface area contributed by atoms with E-state index in [-0.39, 0.29) is 24.9 Å². The second kappa shape index (κ2) is 14.8. The van der Waals surface area contributed by atoms with Crippen LogP contribution in [0, 0.1) is 0 Å². The summed E-state index contributed by atoms with van der Waals surface area (Å²) in [6.07, 6.45) is 16.1. The molecule has 0 aliphatic carbocycles. The fourth-order valence-corrected chi connectivity index (χ4v) is 3.17. The van der Waals surface area contributed by atoms with E-state index in [2.05, 4.69) is 32.5 Å². The maximum atomic E-state index is 12.0. The van der Waals surface area contributed by atoms with Crippen molar-refractivity contribution in [2.75, 3.05) is 12.3 Å². The van der Waals surface area contributed by atoms with Gasteiger partial charge in [0.2, 0.25) is 5.91 Å². The molecule has 0 fully saturated rings. The van der Waals surface area contributed by atoms with Crippen molar-refractivity contribution in [3.63, 3.8) is 0 Å². The zero-order chi connectivity index (χ0) is 20.0. The Morgan fingerprint density at radius 2 is 1.83 bits per heavy atom. The van der Waals surface area contributed by atoms with Gasteiger partial charge in [0.05, 0.1) is 11.9 Å². The number of rotatable bonds is 15. The number of unbranched alkanes of at least 4 members (excludes halogenated alkanes) is 7. The predicted molar refractivity (Wildman–Crippen MR) is 118 cm³/mol. The summed E-state index contributed by atoms with van der Waals surface area (Å²) >= 11 is 0. The molecule has 0 aromatic carbocycles. The zero-order valence-electron chi connectivity index (χ0n) is 17.5. The first kappa shape index (κ1) is 24.9. The van der Waals surface area contributed by atoms with Crippen LogP contribution in [-0.4, -0.2) is 37.4 Å². The van der Waals surface area contributed by atoms with Crippen molar-refractivity contribution in [1.82, 2.24) is 30.3 Å². The lowest BCUT2D eigenvalue weighted by Gasteiger charge is -2.05. The molecule has 2 heterocycles. The molecular weight excluding hydrogens is 390 g/mol. The Labute approximate surface area is 179 Å². The molecule has 29 heavy (non-hydrogen) atoms. The van der Waals surface area contributed by atoms with E-state index in [1.165, 1.54) is 32.1 Å². The number of nitrogens with one attached hydrogen (secondary N) is 2. The van der Waals surface area contributed by atoms with E-state index in [0.717, 1.165) is 56.5 Å². The SMILES string of the molecule is CCCCCCCCNC(=O)Cn1cc(CCCCCc2cnc(N)[nH]2)nn1.Cl. The maximum absolute atomic E-state index is 12.0. The molecule has 9 heteroatoms. The number of aromatic amines is 1. The number of anilines is 1. The van der Waals surface area contributed by atoms with Gasteiger partial charge in [-0.15, -0.1) is 17.5 Å². The third-order valence-corrected chi connectivity index (χ3v) is 4.77. The highest BCUT2D eigenvalue weighted by Crippen LogP contribution is 2.08. The van der Waals surface area contributed by atoms with Crippen LogP contribution in [0.1, 0.15) is 76.1 Å². The number of amides is 1. The molecule has 0 atom stereocenters. The van der Waals surface area contributed by atoms with Crippen molar-refractivity contribution in [2.24, 2.45) is 0 Å². The molecule has 0 saturated heterocycles. The molecule has 2 rings (SSSR count). The van der Waals surface area contributed by atoms with Crippen molar-refractivity contribution in [3.8, 4) is 0 Å². The Morgan fingerprint density at radius 3 is 2.59 bits per heavy atom. The number of carbonyl (C=O) groups excluding carboxylic acids is 1. The van der Waals surface area contributed by atoms with Gasteiger partial charge in [0.1, 0.15) is 6.54 Å². The van der Waals surface area contributed by atoms with Crippen molar-refractivity contribution < 1.29 is 4.79 Å². The first-order valence-electron chi connectivity index (χ1n) is 10.6. The highest BCUT2D eigenvalue weighted by Gasteiger charge is 2.06. The van der Waals surface area contributed by atoms with Gasteiger partial charge in [0.15, 0.2) is 5.95 Å². The molecule has 0 radical (unpaired) electrons. The Balaban J connectivity index is 0.00000420. The molecule has 2 aromatic rings. The molecule has 164 valence electrons. The number of halogens is 1. The fraction of sp³-hybridized carbons (Fsp3) is 0.700. The topological polar surface area (TPSA) is 115 Å². The smallest absolute Gasteiger partial charge is 0.241 e. The summed E-state index contributed by atoms with van der Waals surface area (Å²) in [5.41, 5.74) is 7.58. The van der Waals surface area contributed by atoms with Crippen LogP contribution in [0.15, 0.2) is 12.4 Å². The van der Waals surface area contributed by atoms with E-state index in [1.54, 1.807) is 10.9 Å². The molecular formula is C20H36ClN7O. The molecule has 0 aliphatic rings. The maximum Gasteiger partial charge on any atom is 0.241 e. The Bertz CT molecular complexity index is 686. The quantitative estimate of drug-likeness (QED) is 0.378. The number of aromatic nitrogens is 5. The normalized spacial score (nSPS) is 10.7. The molecule has 0 bridgehead atoms. The van der Waals surface area contributed by atoms with E-state index in [1.807, 2.05) is 6.20 Å². The van der Waals surface area contributed by atoms with Crippen LogP contribution in [0.2, 0.25) is 0 Å². The summed E-state index contributed by atoms with van der Waals surface area (Å²) in [5, 5.41) is 11.2. The number of H-pyrrole nitrogens is 1. The van der Waals surface area contributed by atoms with Crippen molar-refractivity contribution in [1.29, 1.82) is 0 Å². The van der Waals surface area contributed by atoms with Crippen LogP contribution < -0.4 is 11.1 Å². The first-order chi connectivity index (χ1) is 13.7. The first-order valence-corrected chi connectivity index (χ1v) is 10.6. The van der Waals surface area contributed by atoms with Gasteiger partial charge in [0.25, 0.3) is 0 Å². The van der Waals surface area contributed by atoms with Crippen LogP contribution in [-0.2, 0) is 24.2 Å². The summed E-state index contributed by atoms with van der Waals surface area (Å²) in [4.78, 5) is 19.0. The van der Waals surface area contributed by atoms with Gasteiger partial charge < -0.3 is 16.0 Å². The van der Waals surface area contributed by atoms with Gasteiger partial charge in [-0.25, -0.2) is 9.67 Å². The number of imidazole rings is 1. The summed E-state index contributed by atoms with van der Waals surface area (Å²) in [6.45, 7) is 3.20. The molecule has 8 nitrogen and oxygen atoms in total. The second-order valence-electron chi connectivity index (χ2n) is 7.38. The molecule has 0 aliphatic heterocycles. The average molecular weight is 426 g/mol. The monoisotopic (exact) mass is 425 g/mol. The summed E-state index contributed by atoms with van der Waals surface area (Å²) < 4.78 is 1.62. The van der Waals surface area contributed by atoms with Gasteiger partial charge in [-0.05, 0) is 32.1 Å². The van der Waals surface area contributed by atoms with Crippen LogP contribution in [0.4, 0.5) is 5.95 Å². The van der Waals surface area contributed by atoms with Crippen LogP contribution in [0.3, 0.4) is 0 Å². The van der Waals surface area contributed by atoms with E-state index in [9.17, 15) is 4.79 Å². The Kier molecular flexibility index (Phi) is 12.8. The van der Waals surface area contributed by atoms with Crippen molar-refractivity contribution in [2.45, 2.75) is 84.1 Å². The minimum Gasteiger partial charge on any atom is -0.369 e. The number of nitrogens with zero attached hydrogens (tertiary/aromatic N) is 4. The van der Waals surface area contributed by atoms with E-state index in [0.29, 0.717) is 5.95 Å². The molecule has 0 unspecified atom stereocenters. The van der Waals surface area contributed by atoms with E-state index >= 15 is 0 Å². The summed E-state index contributed by atoms with van der Waals surface area (Å²) in [7, 11) is 0. The third-order valence-electron chi connectivity index (χ3n) is 4.77. The minimum atomic E-state index is 0. The predicted octanol–water partition coefficient (Wildman–Crippen LogP) is 3.44. The van der Waals surface area contributed by atoms with Crippen LogP contribution >= 0.6 is 12.4 Å². The fourth-order valence-electron chi connectivity index (χ4n) is 3.17. The highest BCUT2D eigenvalue weighted by atomic mass is 35.5. The number of aryl methyl sites for hydroxylation is 2. The minimum absolute atomic E-state index is 0. The molecule has 2 aromatic heterocycles. The summed E-state index contributed by atoms with van der Waals surface area (Å²) in [6, 6.07) is 0. The van der Waals surface area contributed by atoms with Gasteiger partial charge in [-0.2, -0.15) is 0 Å². The van der Waals surface area contributed by atoms with Gasteiger partial charge in [-0.3, -0.25) is 4.79 Å². The highest BCUT2D eigenvalue weighted by molar-refractivity contribution is 5.85. The van der Waals surface area contributed by atoms with Crippen molar-refractivity contribution >= 4 is 24.3 Å². The van der Waals surface area contributed by atoms with E-state index in [4.69, 9.17) is 5.73 Å². The average Bonchev–Trinajstić information content (AvgIpc) is 3.29. The number of carbonyl (C=O) groups is 1. The van der Waals surface area contributed by atoms with Crippen molar-refractivity contribution in [3.05, 3.63) is 23.8 Å². The number of hydrogen-bond donors (Lipinski definition) is 3. The Morgan fingerprint density at radius 1 is 1.10 bits per heavy atom. The standard InChI is InChI=1S/C20H35N7O.ClH/c1-2-3-4-5-6-10-13-22-19(28)16-27-15-18(25-26-27)12-9-7-8-11-17-14-23-20(21)24-17;/h14-15H,2-13,16H2,1H3,(H,22,28)(H3,21,23,24);1H. The van der Waals surface area contributed by atoms with Gasteiger partial charge >= 0.3 is 0 Å². The molecule has 0 saturated carbocycles. The van der Waals surface area contributed by atoms with Gasteiger partial charge in [-0.1, -0.05) is 50.7 Å². The lowest BCUT2D eigenvalue weighted by atomic mass is 10.1. The zero-order valence-corrected chi connectivity index (χ0v) is 18.3. The van der Waals surface area contributed by atoms with Gasteiger partial charge in [0, 0.05) is 18.4 Å². The largest absolute Gasteiger partial charge is 0.369 e. The second-order valence-corrected chi connectivity index (χ2v) is 7.38. The lowest BCUT2D eigenvalue weighted by Crippen LogP contribution is -2.28. The van der Waals surface area contributed by atoms with Crippen LogP contribution in [0.5, 0.6) is 0 Å². The molecule has 0 spiro atoms. The lowest BCUT2D eigenvalue weighted by molar-refractivity contribution is -0.121. The number of hydrogen-bond acceptors (Lipinski definition) is 5.